The Morgan fingerprint density at radius 2 is 1.95 bits per heavy atom. The summed E-state index contributed by atoms with van der Waals surface area (Å²) in [6.07, 6.45) is 3.58. The van der Waals surface area contributed by atoms with E-state index in [-0.39, 0.29) is 23.8 Å². The van der Waals surface area contributed by atoms with Crippen LogP contribution < -0.4 is 16.0 Å². The molecule has 1 saturated heterocycles. The predicted octanol–water partition coefficient (Wildman–Crippen LogP) is 4.16. The summed E-state index contributed by atoms with van der Waals surface area (Å²) in [5, 5.41) is 9.20. The molecule has 9 heteroatoms. The van der Waals surface area contributed by atoms with Crippen LogP contribution in [-0.2, 0) is 16.1 Å². The number of nitrogens with one attached hydrogen (secondary N) is 4. The Balaban J connectivity index is 1.14. The first-order valence-corrected chi connectivity index (χ1v) is 13.7. The summed E-state index contributed by atoms with van der Waals surface area (Å²) >= 11 is 0. The number of rotatable bonds is 9. The number of likely N-dealkylation sites (tertiary alicyclic amines) is 1. The Bertz CT molecular complexity index is 1460. The number of carbonyl (C=O) groups is 3. The lowest BCUT2D eigenvalue weighted by molar-refractivity contribution is -0.130. The topological polar surface area (TPSA) is 106 Å². The molecule has 3 aromatic rings. The van der Waals surface area contributed by atoms with Gasteiger partial charge in [0.25, 0.3) is 11.8 Å². The molecule has 0 radical (unpaired) electrons. The number of H-pyrrole nitrogens is 1. The van der Waals surface area contributed by atoms with Crippen LogP contribution in [0.15, 0.2) is 48.5 Å². The van der Waals surface area contributed by atoms with Crippen molar-refractivity contribution in [1.29, 1.82) is 0 Å². The van der Waals surface area contributed by atoms with Crippen LogP contribution >= 0.6 is 0 Å². The number of aromatic amines is 1. The number of anilines is 1. The number of benzene rings is 2. The van der Waals surface area contributed by atoms with Gasteiger partial charge in [-0.15, -0.1) is 0 Å². The molecule has 0 spiro atoms. The van der Waals surface area contributed by atoms with Crippen molar-refractivity contribution in [3.8, 4) is 0 Å². The third-order valence-corrected chi connectivity index (χ3v) is 7.55. The molecule has 1 fully saturated rings. The van der Waals surface area contributed by atoms with Crippen molar-refractivity contribution in [1.82, 2.24) is 20.5 Å². The third kappa shape index (κ3) is 5.99. The van der Waals surface area contributed by atoms with Crippen LogP contribution in [0.1, 0.15) is 57.7 Å². The first-order chi connectivity index (χ1) is 19.3. The third-order valence-electron chi connectivity index (χ3n) is 7.55. The van der Waals surface area contributed by atoms with E-state index >= 15 is 0 Å². The smallest absolute Gasteiger partial charge is 0.256 e. The highest BCUT2D eigenvalue weighted by Gasteiger charge is 2.29. The van der Waals surface area contributed by atoms with Gasteiger partial charge in [0, 0.05) is 54.7 Å². The van der Waals surface area contributed by atoms with Crippen molar-refractivity contribution >= 4 is 35.1 Å². The van der Waals surface area contributed by atoms with Crippen molar-refractivity contribution < 1.29 is 18.8 Å². The molecule has 3 amide bonds. The molecule has 2 aromatic carbocycles. The molecule has 1 aromatic heterocycles. The van der Waals surface area contributed by atoms with E-state index in [2.05, 4.69) is 33.1 Å². The number of halogens is 1. The van der Waals surface area contributed by atoms with Gasteiger partial charge in [0.2, 0.25) is 5.91 Å². The van der Waals surface area contributed by atoms with Crippen LogP contribution in [0.25, 0.3) is 11.6 Å². The summed E-state index contributed by atoms with van der Waals surface area (Å²) < 4.78 is 13.8. The van der Waals surface area contributed by atoms with E-state index in [9.17, 15) is 18.8 Å². The molecule has 0 bridgehead atoms. The molecule has 2 aliphatic rings. The number of aryl methyl sites for hydroxylation is 1. The van der Waals surface area contributed by atoms with Gasteiger partial charge in [-0.2, -0.15) is 0 Å². The first kappa shape index (κ1) is 27.3. The van der Waals surface area contributed by atoms with Gasteiger partial charge in [0.15, 0.2) is 0 Å². The van der Waals surface area contributed by atoms with Crippen LogP contribution in [0.4, 0.5) is 10.1 Å². The normalized spacial score (nSPS) is 17.3. The lowest BCUT2D eigenvalue weighted by atomic mass is 10.0. The molecular weight excluding hydrogens is 509 g/mol. The van der Waals surface area contributed by atoms with Gasteiger partial charge in [-0.25, -0.2) is 4.39 Å². The van der Waals surface area contributed by atoms with Gasteiger partial charge in [0.1, 0.15) is 5.82 Å². The summed E-state index contributed by atoms with van der Waals surface area (Å²) in [6.45, 7) is 6.28. The fourth-order valence-electron chi connectivity index (χ4n) is 5.42. The van der Waals surface area contributed by atoms with Gasteiger partial charge in [-0.05, 0) is 68.6 Å². The zero-order chi connectivity index (χ0) is 28.2. The van der Waals surface area contributed by atoms with Gasteiger partial charge in [-0.1, -0.05) is 30.3 Å². The van der Waals surface area contributed by atoms with E-state index in [0.717, 1.165) is 19.5 Å². The monoisotopic (exact) mass is 543 g/mol. The summed E-state index contributed by atoms with van der Waals surface area (Å²) in [6, 6.07) is 14.2. The fraction of sp³-hybridized carbons (Fsp3) is 0.323. The van der Waals surface area contributed by atoms with E-state index in [1.165, 1.54) is 23.8 Å². The highest BCUT2D eigenvalue weighted by Crippen LogP contribution is 2.34. The molecule has 3 heterocycles. The Morgan fingerprint density at radius 1 is 1.15 bits per heavy atom. The van der Waals surface area contributed by atoms with Crippen LogP contribution in [0, 0.1) is 19.7 Å². The average Bonchev–Trinajstić information content (AvgIpc) is 3.60. The van der Waals surface area contributed by atoms with E-state index in [0.29, 0.717) is 65.3 Å². The predicted molar refractivity (Wildman–Crippen MR) is 153 cm³/mol. The van der Waals surface area contributed by atoms with Crippen LogP contribution in [-0.4, -0.2) is 53.3 Å². The number of aromatic nitrogens is 1. The molecule has 2 aliphatic heterocycles. The fourth-order valence-corrected chi connectivity index (χ4v) is 5.42. The SMILES string of the molecule is Cc1[nH]c(/C=C2\C(=O)Nc3ccc(F)cc32)c(C)c1C(=O)N[C@H]1CCN(C(=O)CCCNCc2ccccc2)C1. The first-order valence-electron chi connectivity index (χ1n) is 13.7. The van der Waals surface area contributed by atoms with Gasteiger partial charge >= 0.3 is 0 Å². The number of fused-ring (bicyclic) bond motifs is 1. The van der Waals surface area contributed by atoms with Crippen molar-refractivity contribution in [2.45, 2.75) is 45.7 Å². The standard InChI is InChI=1S/C31H34FN5O3/c1-19-27(16-25-24-15-22(32)10-11-26(24)36-30(25)39)34-20(2)29(19)31(40)35-23-12-14-37(18-23)28(38)9-6-13-33-17-21-7-4-3-5-8-21/h3-5,7-8,10-11,15-16,23,33-34H,6,9,12-14,17-18H2,1-2H3,(H,35,40)(H,36,39)/b25-16-/t23-/m0/s1. The van der Waals surface area contributed by atoms with Crippen molar-refractivity contribution in [2.75, 3.05) is 25.0 Å². The minimum absolute atomic E-state index is 0.104. The van der Waals surface area contributed by atoms with Crippen LogP contribution in [0.5, 0.6) is 0 Å². The highest BCUT2D eigenvalue weighted by molar-refractivity contribution is 6.34. The minimum atomic E-state index is -0.426. The largest absolute Gasteiger partial charge is 0.358 e. The molecule has 40 heavy (non-hydrogen) atoms. The van der Waals surface area contributed by atoms with Crippen LogP contribution in [0.2, 0.25) is 0 Å². The Morgan fingerprint density at radius 3 is 2.75 bits per heavy atom. The second-order valence-corrected chi connectivity index (χ2v) is 10.4. The van der Waals surface area contributed by atoms with E-state index in [1.54, 1.807) is 6.08 Å². The van der Waals surface area contributed by atoms with Crippen molar-refractivity contribution in [3.63, 3.8) is 0 Å². The second-order valence-electron chi connectivity index (χ2n) is 10.4. The number of carbonyl (C=O) groups excluding carboxylic acids is 3. The van der Waals surface area contributed by atoms with E-state index in [1.807, 2.05) is 36.9 Å². The van der Waals surface area contributed by atoms with Gasteiger partial charge < -0.3 is 25.8 Å². The van der Waals surface area contributed by atoms with Gasteiger partial charge in [0.05, 0.1) is 11.1 Å². The number of hydrogen-bond acceptors (Lipinski definition) is 4. The minimum Gasteiger partial charge on any atom is -0.358 e. The molecule has 5 rings (SSSR count). The summed E-state index contributed by atoms with van der Waals surface area (Å²) in [4.78, 5) is 43.5. The van der Waals surface area contributed by atoms with Gasteiger partial charge in [-0.3, -0.25) is 14.4 Å². The molecule has 1 atom stereocenters. The molecule has 0 aliphatic carbocycles. The number of nitrogens with zero attached hydrogens (tertiary/aromatic N) is 1. The Labute approximate surface area is 233 Å². The zero-order valence-corrected chi connectivity index (χ0v) is 22.8. The second kappa shape index (κ2) is 11.9. The highest BCUT2D eigenvalue weighted by atomic mass is 19.1. The maximum atomic E-state index is 13.8. The van der Waals surface area contributed by atoms with Crippen LogP contribution in [0.3, 0.4) is 0 Å². The summed E-state index contributed by atoms with van der Waals surface area (Å²) in [5.41, 5.74) is 5.11. The Kier molecular flexibility index (Phi) is 8.11. The lowest BCUT2D eigenvalue weighted by Gasteiger charge is -2.17. The number of hydrogen-bond donors (Lipinski definition) is 4. The average molecular weight is 544 g/mol. The zero-order valence-electron chi connectivity index (χ0n) is 22.8. The molecule has 8 nitrogen and oxygen atoms in total. The summed E-state index contributed by atoms with van der Waals surface area (Å²) in [5.74, 6) is -0.860. The van der Waals surface area contributed by atoms with Crippen molar-refractivity contribution in [3.05, 3.63) is 88.0 Å². The molecule has 208 valence electrons. The number of amides is 3. The quantitative estimate of drug-likeness (QED) is 0.240. The lowest BCUT2D eigenvalue weighted by Crippen LogP contribution is -2.38. The maximum Gasteiger partial charge on any atom is 0.256 e. The van der Waals surface area contributed by atoms with E-state index < -0.39 is 5.82 Å². The van der Waals surface area contributed by atoms with E-state index in [4.69, 9.17) is 0 Å². The maximum absolute atomic E-state index is 13.8. The molecular formula is C31H34FN5O3. The van der Waals surface area contributed by atoms with Crippen molar-refractivity contribution in [2.24, 2.45) is 0 Å². The molecule has 0 unspecified atom stereocenters. The summed E-state index contributed by atoms with van der Waals surface area (Å²) in [7, 11) is 0. The Hall–Kier alpha value is -4.24. The molecule has 4 N–H and O–H groups in total. The molecule has 0 saturated carbocycles.